The number of guanidine groups is 1. The van der Waals surface area contributed by atoms with Crippen LogP contribution in [0.2, 0.25) is 0 Å². The Morgan fingerprint density at radius 1 is 1.06 bits per heavy atom. The lowest BCUT2D eigenvalue weighted by atomic mass is 10.2. The van der Waals surface area contributed by atoms with Crippen LogP contribution in [-0.4, -0.2) is 31.4 Å². The van der Waals surface area contributed by atoms with E-state index in [4.69, 9.17) is 0 Å². The van der Waals surface area contributed by atoms with Crippen LogP contribution >= 0.6 is 0 Å². The Balaban J connectivity index is 1.49. The van der Waals surface area contributed by atoms with Gasteiger partial charge >= 0.3 is 0 Å². The summed E-state index contributed by atoms with van der Waals surface area (Å²) in [5, 5.41) is 9.52. The van der Waals surface area contributed by atoms with Crippen molar-refractivity contribution in [1.82, 2.24) is 10.6 Å². The predicted octanol–water partition coefficient (Wildman–Crippen LogP) is 3.42. The van der Waals surface area contributed by atoms with Crippen LogP contribution in [0.5, 0.6) is 0 Å². The minimum Gasteiger partial charge on any atom is -0.352 e. The molecule has 1 fully saturated rings. The Morgan fingerprint density at radius 3 is 2.45 bits per heavy atom. The van der Waals surface area contributed by atoms with Gasteiger partial charge in [-0.1, -0.05) is 31.2 Å². The summed E-state index contributed by atoms with van der Waals surface area (Å²) >= 11 is 0. The maximum Gasteiger partial charge on any atom is 0.227 e. The predicted molar refractivity (Wildman–Crippen MR) is 125 cm³/mol. The minimum absolute atomic E-state index is 0.0326. The third-order valence-corrected chi connectivity index (χ3v) is 5.15. The van der Waals surface area contributed by atoms with E-state index < -0.39 is 0 Å². The molecular weight excluding hydrogens is 390 g/mol. The zero-order chi connectivity index (χ0) is 22.1. The third kappa shape index (κ3) is 6.57. The number of rotatable bonds is 8. The highest BCUT2D eigenvalue weighted by Crippen LogP contribution is 2.21. The van der Waals surface area contributed by atoms with Crippen molar-refractivity contribution in [1.29, 1.82) is 0 Å². The molecule has 1 heterocycles. The summed E-state index contributed by atoms with van der Waals surface area (Å²) < 4.78 is 0. The fraction of sp³-hybridized carbons (Fsp3) is 0.375. The molecule has 0 aliphatic carbocycles. The summed E-state index contributed by atoms with van der Waals surface area (Å²) in [6.45, 7) is 4.01. The van der Waals surface area contributed by atoms with Gasteiger partial charge in [0, 0.05) is 50.9 Å². The molecule has 3 N–H and O–H groups in total. The molecule has 164 valence electrons. The number of benzene rings is 2. The average Bonchev–Trinajstić information content (AvgIpc) is 3.20. The van der Waals surface area contributed by atoms with Crippen LogP contribution in [0.4, 0.5) is 11.4 Å². The van der Waals surface area contributed by atoms with Gasteiger partial charge in [0.15, 0.2) is 5.96 Å². The van der Waals surface area contributed by atoms with Crippen molar-refractivity contribution in [3.8, 4) is 0 Å². The van der Waals surface area contributed by atoms with Crippen LogP contribution in [0.3, 0.4) is 0 Å². The zero-order valence-corrected chi connectivity index (χ0v) is 18.3. The summed E-state index contributed by atoms with van der Waals surface area (Å²) in [5.74, 6) is 0.925. The summed E-state index contributed by atoms with van der Waals surface area (Å²) in [6.07, 6.45) is 2.92. The number of carbonyl (C=O) groups is 2. The van der Waals surface area contributed by atoms with Crippen molar-refractivity contribution in [2.75, 3.05) is 23.8 Å². The molecule has 0 spiro atoms. The smallest absolute Gasteiger partial charge is 0.227 e. The van der Waals surface area contributed by atoms with Crippen molar-refractivity contribution < 1.29 is 9.59 Å². The highest BCUT2D eigenvalue weighted by Gasteiger charge is 2.21. The van der Waals surface area contributed by atoms with Gasteiger partial charge in [0.1, 0.15) is 0 Å². The van der Waals surface area contributed by atoms with Crippen LogP contribution < -0.4 is 20.9 Å². The Morgan fingerprint density at radius 2 is 1.81 bits per heavy atom. The Labute approximate surface area is 183 Å². The first kappa shape index (κ1) is 22.3. The second kappa shape index (κ2) is 11.2. The summed E-state index contributed by atoms with van der Waals surface area (Å²) in [6, 6.07) is 15.8. The fourth-order valence-corrected chi connectivity index (χ4v) is 3.52. The molecule has 2 aromatic carbocycles. The lowest BCUT2D eigenvalue weighted by Gasteiger charge is -2.16. The van der Waals surface area contributed by atoms with E-state index in [9.17, 15) is 9.59 Å². The van der Waals surface area contributed by atoms with Crippen molar-refractivity contribution in [3.05, 3.63) is 59.7 Å². The van der Waals surface area contributed by atoms with Gasteiger partial charge in [-0.2, -0.15) is 0 Å². The quantitative estimate of drug-likeness (QED) is 0.450. The van der Waals surface area contributed by atoms with Gasteiger partial charge < -0.3 is 20.9 Å². The molecule has 1 aliphatic rings. The second-order valence-electron chi connectivity index (χ2n) is 7.59. The van der Waals surface area contributed by atoms with E-state index in [1.165, 1.54) is 0 Å². The highest BCUT2D eigenvalue weighted by molar-refractivity contribution is 5.95. The molecule has 2 aromatic rings. The Hall–Kier alpha value is -3.35. The first-order valence-corrected chi connectivity index (χ1v) is 10.8. The van der Waals surface area contributed by atoms with E-state index in [0.717, 1.165) is 41.9 Å². The Bertz CT molecular complexity index is 924. The van der Waals surface area contributed by atoms with E-state index in [-0.39, 0.29) is 11.8 Å². The lowest BCUT2D eigenvalue weighted by Crippen LogP contribution is -2.36. The monoisotopic (exact) mass is 421 g/mol. The van der Waals surface area contributed by atoms with Crippen molar-refractivity contribution in [2.24, 2.45) is 4.99 Å². The molecule has 31 heavy (non-hydrogen) atoms. The third-order valence-electron chi connectivity index (χ3n) is 5.15. The van der Waals surface area contributed by atoms with Gasteiger partial charge in [-0.25, -0.2) is 0 Å². The number of hydrogen-bond donors (Lipinski definition) is 3. The van der Waals surface area contributed by atoms with E-state index in [2.05, 4.69) is 20.9 Å². The molecule has 7 nitrogen and oxygen atoms in total. The number of amides is 2. The van der Waals surface area contributed by atoms with Gasteiger partial charge in [0.25, 0.3) is 0 Å². The molecule has 3 rings (SSSR count). The van der Waals surface area contributed by atoms with Crippen LogP contribution in [0, 0.1) is 0 Å². The molecule has 1 aliphatic heterocycles. The SMILES string of the molecule is CCCC(=O)Nc1cccc(CNC(=NC)NCc2ccc(N3CCCC3=O)cc2)c1. The van der Waals surface area contributed by atoms with Gasteiger partial charge in [-0.15, -0.1) is 0 Å². The second-order valence-corrected chi connectivity index (χ2v) is 7.59. The van der Waals surface area contributed by atoms with Crippen LogP contribution in [0.15, 0.2) is 53.5 Å². The molecular formula is C24H31N5O2. The molecule has 7 heteroatoms. The van der Waals surface area contributed by atoms with Crippen LogP contribution in [0.1, 0.15) is 43.7 Å². The fourth-order valence-electron chi connectivity index (χ4n) is 3.52. The van der Waals surface area contributed by atoms with Gasteiger partial charge in [0.05, 0.1) is 0 Å². The zero-order valence-electron chi connectivity index (χ0n) is 18.3. The largest absolute Gasteiger partial charge is 0.352 e. The number of carbonyl (C=O) groups excluding carboxylic acids is 2. The van der Waals surface area contributed by atoms with Gasteiger partial charge in [0.2, 0.25) is 11.8 Å². The first-order valence-electron chi connectivity index (χ1n) is 10.8. The van der Waals surface area contributed by atoms with Gasteiger partial charge in [-0.05, 0) is 48.2 Å². The van der Waals surface area contributed by atoms with Crippen molar-refractivity contribution in [2.45, 2.75) is 45.7 Å². The number of hydrogen-bond acceptors (Lipinski definition) is 3. The molecule has 0 unspecified atom stereocenters. The normalized spacial score (nSPS) is 13.9. The maximum atomic E-state index is 11.9. The van der Waals surface area contributed by atoms with Crippen molar-refractivity contribution >= 4 is 29.1 Å². The summed E-state index contributed by atoms with van der Waals surface area (Å²) in [4.78, 5) is 29.8. The van der Waals surface area contributed by atoms with Crippen molar-refractivity contribution in [3.63, 3.8) is 0 Å². The molecule has 0 saturated carbocycles. The average molecular weight is 422 g/mol. The molecule has 2 amide bonds. The number of anilines is 2. The van der Waals surface area contributed by atoms with Gasteiger partial charge in [-0.3, -0.25) is 14.6 Å². The first-order chi connectivity index (χ1) is 15.1. The topological polar surface area (TPSA) is 85.8 Å². The van der Waals surface area contributed by atoms with E-state index in [1.807, 2.05) is 60.4 Å². The number of nitrogens with zero attached hydrogens (tertiary/aromatic N) is 2. The van der Waals surface area contributed by atoms with E-state index in [1.54, 1.807) is 7.05 Å². The molecule has 0 bridgehead atoms. The highest BCUT2D eigenvalue weighted by atomic mass is 16.2. The summed E-state index contributed by atoms with van der Waals surface area (Å²) in [5.41, 5.74) is 3.92. The van der Waals surface area contributed by atoms with E-state index in [0.29, 0.717) is 31.9 Å². The maximum absolute atomic E-state index is 11.9. The summed E-state index contributed by atoms with van der Waals surface area (Å²) in [7, 11) is 1.73. The molecule has 0 atom stereocenters. The molecule has 0 aromatic heterocycles. The Kier molecular flexibility index (Phi) is 8.04. The molecule has 0 radical (unpaired) electrons. The number of aliphatic imine (C=N–C) groups is 1. The van der Waals surface area contributed by atoms with Crippen LogP contribution in [-0.2, 0) is 22.7 Å². The van der Waals surface area contributed by atoms with E-state index >= 15 is 0 Å². The molecule has 1 saturated heterocycles. The standard InChI is InChI=1S/C24H31N5O2/c1-3-6-22(30)28-20-8-4-7-19(15-20)17-27-24(25-2)26-16-18-10-12-21(13-11-18)29-14-5-9-23(29)31/h4,7-8,10-13,15H,3,5-6,9,14,16-17H2,1-2H3,(H,28,30)(H2,25,26,27). The lowest BCUT2D eigenvalue weighted by molar-refractivity contribution is -0.117. The minimum atomic E-state index is 0.0326. The van der Waals surface area contributed by atoms with Crippen LogP contribution in [0.25, 0.3) is 0 Å². The number of nitrogens with one attached hydrogen (secondary N) is 3.